The molecule has 0 aliphatic heterocycles. The van der Waals surface area contributed by atoms with Crippen LogP contribution in [0.2, 0.25) is 10.0 Å². The Balaban J connectivity index is 1.76. The lowest BCUT2D eigenvalue weighted by molar-refractivity contribution is -0.137. The fourth-order valence-corrected chi connectivity index (χ4v) is 2.76. The van der Waals surface area contributed by atoms with Crippen LogP contribution in [0.25, 0.3) is 11.4 Å². The summed E-state index contributed by atoms with van der Waals surface area (Å²) in [5.41, 5.74) is -1.03. The molecular weight excluding hydrogens is 430 g/mol. The van der Waals surface area contributed by atoms with Crippen LogP contribution in [0, 0.1) is 0 Å². The zero-order valence-corrected chi connectivity index (χ0v) is 16.0. The van der Waals surface area contributed by atoms with Gasteiger partial charge in [-0.2, -0.15) is 13.2 Å². The highest BCUT2D eigenvalue weighted by atomic mass is 35.5. The maximum atomic E-state index is 12.8. The topological polar surface area (TPSA) is 74.8 Å². The Morgan fingerprint density at radius 2 is 1.79 bits per heavy atom. The molecule has 5 nitrogen and oxygen atoms in total. The number of benzene rings is 2. The number of carbonyl (C=O) groups excluding carboxylic acids is 1. The molecule has 29 heavy (non-hydrogen) atoms. The van der Waals surface area contributed by atoms with Crippen LogP contribution in [0.3, 0.4) is 0 Å². The first kappa shape index (κ1) is 20.9. The van der Waals surface area contributed by atoms with Crippen molar-refractivity contribution in [2.45, 2.75) is 12.6 Å². The average Bonchev–Trinajstić information content (AvgIpc) is 2.65. The van der Waals surface area contributed by atoms with Gasteiger partial charge in [0.15, 0.2) is 0 Å². The zero-order valence-electron chi connectivity index (χ0n) is 14.5. The van der Waals surface area contributed by atoms with Crippen molar-refractivity contribution in [3.8, 4) is 11.4 Å². The fraction of sp³-hybridized carbons (Fsp3) is 0.105. The molecule has 1 aromatic heterocycles. The average molecular weight is 442 g/mol. The first-order valence-electron chi connectivity index (χ1n) is 8.14. The van der Waals surface area contributed by atoms with Crippen molar-refractivity contribution in [1.29, 1.82) is 0 Å². The molecule has 0 saturated carbocycles. The quantitative estimate of drug-likeness (QED) is 0.601. The van der Waals surface area contributed by atoms with E-state index in [0.717, 1.165) is 18.2 Å². The number of nitrogens with zero attached hydrogens (tertiary/aromatic N) is 1. The Morgan fingerprint density at radius 3 is 2.41 bits per heavy atom. The minimum atomic E-state index is -4.58. The van der Waals surface area contributed by atoms with Crippen LogP contribution in [0.15, 0.2) is 53.5 Å². The summed E-state index contributed by atoms with van der Waals surface area (Å²) < 4.78 is 38.5. The molecule has 1 heterocycles. The van der Waals surface area contributed by atoms with Crippen LogP contribution in [0.5, 0.6) is 0 Å². The first-order chi connectivity index (χ1) is 13.6. The molecule has 0 unspecified atom stereocenters. The Hall–Kier alpha value is -2.84. The number of carbonyl (C=O) groups is 1. The first-order valence-corrected chi connectivity index (χ1v) is 8.90. The van der Waals surface area contributed by atoms with Gasteiger partial charge in [-0.3, -0.25) is 9.59 Å². The fourth-order valence-electron chi connectivity index (χ4n) is 2.47. The van der Waals surface area contributed by atoms with Crippen molar-refractivity contribution in [1.82, 2.24) is 9.97 Å². The lowest BCUT2D eigenvalue weighted by Crippen LogP contribution is -2.22. The largest absolute Gasteiger partial charge is 0.416 e. The van der Waals surface area contributed by atoms with Gasteiger partial charge >= 0.3 is 6.18 Å². The lowest BCUT2D eigenvalue weighted by Gasteiger charge is -2.11. The molecule has 0 radical (unpaired) electrons. The monoisotopic (exact) mass is 441 g/mol. The molecule has 2 N–H and O–H groups in total. The van der Waals surface area contributed by atoms with E-state index in [4.69, 9.17) is 23.2 Å². The van der Waals surface area contributed by atoms with Gasteiger partial charge in [0.2, 0.25) is 5.91 Å². The molecule has 1 amide bonds. The van der Waals surface area contributed by atoms with Crippen molar-refractivity contribution >= 4 is 34.8 Å². The normalized spacial score (nSPS) is 11.3. The van der Waals surface area contributed by atoms with Gasteiger partial charge in [0.1, 0.15) is 5.82 Å². The third-order valence-electron chi connectivity index (χ3n) is 3.91. The van der Waals surface area contributed by atoms with Crippen molar-refractivity contribution in [2.75, 3.05) is 5.32 Å². The minimum absolute atomic E-state index is 0.0447. The summed E-state index contributed by atoms with van der Waals surface area (Å²) in [6, 6.07) is 9.18. The van der Waals surface area contributed by atoms with E-state index < -0.39 is 29.6 Å². The molecule has 0 bridgehead atoms. The van der Waals surface area contributed by atoms with Crippen LogP contribution < -0.4 is 10.9 Å². The van der Waals surface area contributed by atoms with E-state index in [1.54, 1.807) is 24.3 Å². The van der Waals surface area contributed by atoms with E-state index in [1.807, 2.05) is 0 Å². The van der Waals surface area contributed by atoms with Crippen LogP contribution >= 0.6 is 23.2 Å². The van der Waals surface area contributed by atoms with Gasteiger partial charge in [0.25, 0.3) is 5.56 Å². The SMILES string of the molecule is O=C(Cc1cnc(-c2ccc(Cl)cc2)[nH]c1=O)Nc1cc(C(F)(F)F)ccc1Cl. The Kier molecular flexibility index (Phi) is 5.95. The predicted molar refractivity (Wildman–Crippen MR) is 104 cm³/mol. The van der Waals surface area contributed by atoms with Gasteiger partial charge in [0, 0.05) is 22.3 Å². The van der Waals surface area contributed by atoms with Crippen LogP contribution in [0.4, 0.5) is 18.9 Å². The molecule has 3 rings (SSSR count). The van der Waals surface area contributed by atoms with Gasteiger partial charge < -0.3 is 10.3 Å². The van der Waals surface area contributed by atoms with E-state index in [9.17, 15) is 22.8 Å². The van der Waals surface area contributed by atoms with E-state index >= 15 is 0 Å². The van der Waals surface area contributed by atoms with E-state index in [2.05, 4.69) is 15.3 Å². The molecule has 10 heteroatoms. The highest BCUT2D eigenvalue weighted by Gasteiger charge is 2.31. The van der Waals surface area contributed by atoms with Crippen molar-refractivity contribution < 1.29 is 18.0 Å². The summed E-state index contributed by atoms with van der Waals surface area (Å²) in [5.74, 6) is -0.422. The number of alkyl halides is 3. The minimum Gasteiger partial charge on any atom is -0.324 e. The number of rotatable bonds is 4. The third-order valence-corrected chi connectivity index (χ3v) is 4.49. The number of hydrogen-bond acceptors (Lipinski definition) is 3. The predicted octanol–water partition coefficient (Wildman–Crippen LogP) is 4.94. The summed E-state index contributed by atoms with van der Waals surface area (Å²) in [4.78, 5) is 31.1. The standard InChI is InChI=1S/C19H12Cl2F3N3O2/c20-13-4-1-10(2-5-13)17-25-9-11(18(29)27-17)7-16(28)26-15-8-12(19(22,23)24)3-6-14(15)21/h1-6,8-9H,7H2,(H,26,28)(H,25,27,29). The molecule has 150 valence electrons. The number of aromatic amines is 1. The van der Waals surface area contributed by atoms with Gasteiger partial charge in [-0.05, 0) is 42.5 Å². The second kappa shape index (κ2) is 8.26. The number of amides is 1. The molecule has 0 aliphatic rings. The van der Waals surface area contributed by atoms with Crippen LogP contribution in [-0.4, -0.2) is 15.9 Å². The van der Waals surface area contributed by atoms with Gasteiger partial charge in [0.05, 0.1) is 22.7 Å². The second-order valence-electron chi connectivity index (χ2n) is 6.01. The zero-order chi connectivity index (χ0) is 21.2. The van der Waals surface area contributed by atoms with Gasteiger partial charge in [-0.25, -0.2) is 4.98 Å². The highest BCUT2D eigenvalue weighted by molar-refractivity contribution is 6.33. The maximum Gasteiger partial charge on any atom is 0.416 e. The van der Waals surface area contributed by atoms with Crippen molar-refractivity contribution in [3.05, 3.63) is 80.2 Å². The summed E-state index contributed by atoms with van der Waals surface area (Å²) >= 11 is 11.7. The van der Waals surface area contributed by atoms with E-state index in [1.165, 1.54) is 6.20 Å². The highest BCUT2D eigenvalue weighted by Crippen LogP contribution is 2.33. The van der Waals surface area contributed by atoms with E-state index in [-0.39, 0.29) is 22.1 Å². The molecule has 3 aromatic rings. The lowest BCUT2D eigenvalue weighted by atomic mass is 10.1. The summed E-state index contributed by atoms with van der Waals surface area (Å²) in [6.07, 6.45) is -3.74. The Labute approximate surface area is 172 Å². The molecule has 0 fully saturated rings. The van der Waals surface area contributed by atoms with Crippen molar-refractivity contribution in [3.63, 3.8) is 0 Å². The van der Waals surface area contributed by atoms with Crippen molar-refractivity contribution in [2.24, 2.45) is 0 Å². The maximum absolute atomic E-state index is 12.8. The molecule has 0 spiro atoms. The summed E-state index contributed by atoms with van der Waals surface area (Å²) in [7, 11) is 0. The molecule has 0 saturated heterocycles. The number of nitrogens with one attached hydrogen (secondary N) is 2. The number of hydrogen-bond donors (Lipinski definition) is 2. The number of aromatic nitrogens is 2. The Bertz CT molecular complexity index is 1110. The number of anilines is 1. The molecule has 2 aromatic carbocycles. The van der Waals surface area contributed by atoms with Gasteiger partial charge in [-0.1, -0.05) is 23.2 Å². The number of halogens is 5. The molecule has 0 atom stereocenters. The van der Waals surface area contributed by atoms with Gasteiger partial charge in [-0.15, -0.1) is 0 Å². The smallest absolute Gasteiger partial charge is 0.324 e. The third kappa shape index (κ3) is 5.16. The molecule has 0 aliphatic carbocycles. The molecular formula is C19H12Cl2F3N3O2. The summed E-state index contributed by atoms with van der Waals surface area (Å²) in [5, 5.41) is 2.75. The van der Waals surface area contributed by atoms with Crippen LogP contribution in [0.1, 0.15) is 11.1 Å². The van der Waals surface area contributed by atoms with Crippen LogP contribution in [-0.2, 0) is 17.4 Å². The number of H-pyrrole nitrogens is 1. The van der Waals surface area contributed by atoms with E-state index in [0.29, 0.717) is 10.6 Å². The second-order valence-corrected chi connectivity index (χ2v) is 6.85. The summed E-state index contributed by atoms with van der Waals surface area (Å²) in [6.45, 7) is 0. The Morgan fingerprint density at radius 1 is 1.10 bits per heavy atom.